The van der Waals surface area contributed by atoms with Gasteiger partial charge in [0.1, 0.15) is 5.82 Å². The second-order valence-electron chi connectivity index (χ2n) is 4.84. The van der Waals surface area contributed by atoms with Crippen LogP contribution in [0.4, 0.5) is 14.6 Å². The van der Waals surface area contributed by atoms with E-state index in [0.29, 0.717) is 16.7 Å². The molecule has 1 N–H and O–H groups in total. The molecule has 0 saturated heterocycles. The Balaban J connectivity index is 2.47. The molecule has 7 heteroatoms. The molecule has 1 aromatic heterocycles. The summed E-state index contributed by atoms with van der Waals surface area (Å²) in [4.78, 5) is 20.2. The number of benzene rings is 1. The number of carbonyl (C=O) groups is 1. The molecule has 1 heterocycles. The number of carboxylic acid groups (broad SMARTS) is 1. The molecule has 112 valence electrons. The Hall–Kier alpha value is -2.31. The minimum Gasteiger partial charge on any atom is -0.481 e. The van der Waals surface area contributed by atoms with Crippen molar-refractivity contribution in [2.75, 3.05) is 18.5 Å². The van der Waals surface area contributed by atoms with E-state index in [9.17, 15) is 13.6 Å². The van der Waals surface area contributed by atoms with E-state index in [0.717, 1.165) is 0 Å². The van der Waals surface area contributed by atoms with Gasteiger partial charge in [0.15, 0.2) is 5.82 Å². The van der Waals surface area contributed by atoms with Gasteiger partial charge in [0.25, 0.3) is 6.43 Å². The van der Waals surface area contributed by atoms with Crippen LogP contribution in [0.25, 0.3) is 10.9 Å². The average Bonchev–Trinajstić information content (AvgIpc) is 2.45. The van der Waals surface area contributed by atoms with Crippen molar-refractivity contribution >= 4 is 22.7 Å². The maximum atomic E-state index is 12.9. The first kappa shape index (κ1) is 15.1. The highest BCUT2D eigenvalue weighted by Gasteiger charge is 2.20. The van der Waals surface area contributed by atoms with Gasteiger partial charge in [-0.25, -0.2) is 18.7 Å². The molecule has 1 aromatic carbocycles. The van der Waals surface area contributed by atoms with Crippen LogP contribution in [0.1, 0.15) is 19.2 Å². The smallest absolute Gasteiger partial charge is 0.308 e. The van der Waals surface area contributed by atoms with Crippen LogP contribution in [0.3, 0.4) is 0 Å². The van der Waals surface area contributed by atoms with Crippen molar-refractivity contribution < 1.29 is 18.7 Å². The molecule has 0 aliphatic rings. The summed E-state index contributed by atoms with van der Waals surface area (Å²) in [5.74, 6) is -1.84. The molecule has 0 amide bonds. The summed E-state index contributed by atoms with van der Waals surface area (Å²) in [6.07, 6.45) is -2.78. The van der Waals surface area contributed by atoms with Crippen molar-refractivity contribution in [2.24, 2.45) is 5.92 Å². The zero-order valence-corrected chi connectivity index (χ0v) is 11.6. The van der Waals surface area contributed by atoms with Crippen LogP contribution in [0.15, 0.2) is 24.3 Å². The summed E-state index contributed by atoms with van der Waals surface area (Å²) in [5, 5.41) is 9.57. The Bertz CT molecular complexity index is 664. The lowest BCUT2D eigenvalue weighted by Gasteiger charge is -2.22. The second-order valence-corrected chi connectivity index (χ2v) is 4.84. The van der Waals surface area contributed by atoms with Crippen molar-refractivity contribution in [3.05, 3.63) is 30.1 Å². The minimum atomic E-state index is -2.78. The van der Waals surface area contributed by atoms with Gasteiger partial charge in [-0.3, -0.25) is 4.79 Å². The number of aliphatic carboxylic acids is 1. The van der Waals surface area contributed by atoms with Gasteiger partial charge in [-0.1, -0.05) is 19.1 Å². The summed E-state index contributed by atoms with van der Waals surface area (Å²) < 4.78 is 25.8. The van der Waals surface area contributed by atoms with Gasteiger partial charge in [0, 0.05) is 19.0 Å². The van der Waals surface area contributed by atoms with Crippen LogP contribution >= 0.6 is 0 Å². The normalized spacial score (nSPS) is 12.6. The number of carboxylic acids is 1. The zero-order valence-electron chi connectivity index (χ0n) is 11.6. The molecule has 5 nitrogen and oxygen atoms in total. The topological polar surface area (TPSA) is 66.3 Å². The lowest BCUT2D eigenvalue weighted by atomic mass is 10.1. The molecule has 0 spiro atoms. The molecule has 0 aliphatic heterocycles. The second kappa shape index (κ2) is 5.99. The molecule has 0 fully saturated rings. The van der Waals surface area contributed by atoms with Crippen LogP contribution in [-0.4, -0.2) is 34.6 Å². The monoisotopic (exact) mass is 295 g/mol. The van der Waals surface area contributed by atoms with E-state index in [1.807, 2.05) is 0 Å². The number of hydrogen-bond acceptors (Lipinski definition) is 4. The van der Waals surface area contributed by atoms with Crippen LogP contribution in [-0.2, 0) is 4.79 Å². The highest BCUT2D eigenvalue weighted by Crippen LogP contribution is 2.26. The number of alkyl halides is 2. The summed E-state index contributed by atoms with van der Waals surface area (Å²) in [5.41, 5.74) is 0.410. The van der Waals surface area contributed by atoms with E-state index in [2.05, 4.69) is 9.97 Å². The van der Waals surface area contributed by atoms with Gasteiger partial charge in [0.2, 0.25) is 0 Å². The van der Waals surface area contributed by atoms with Crippen LogP contribution in [0, 0.1) is 5.92 Å². The largest absolute Gasteiger partial charge is 0.481 e. The number of hydrogen-bond donors (Lipinski definition) is 1. The Kier molecular flexibility index (Phi) is 4.30. The number of nitrogens with zero attached hydrogens (tertiary/aromatic N) is 3. The van der Waals surface area contributed by atoms with Crippen molar-refractivity contribution in [3.8, 4) is 0 Å². The molecular formula is C14H15F2N3O2. The molecule has 0 saturated carbocycles. The van der Waals surface area contributed by atoms with Gasteiger partial charge in [-0.05, 0) is 12.1 Å². The first-order valence-corrected chi connectivity index (χ1v) is 6.39. The first-order chi connectivity index (χ1) is 9.90. The predicted octanol–water partition coefficient (Wildman–Crippen LogP) is 2.72. The molecule has 0 bridgehead atoms. The van der Waals surface area contributed by atoms with E-state index in [1.54, 1.807) is 43.1 Å². The number of para-hydroxylation sites is 1. The molecule has 1 atom stereocenters. The molecule has 2 aromatic rings. The average molecular weight is 295 g/mol. The number of fused-ring (bicyclic) bond motifs is 1. The Labute approximate surface area is 120 Å². The molecular weight excluding hydrogens is 280 g/mol. The minimum absolute atomic E-state index is 0.166. The molecule has 1 unspecified atom stereocenters. The summed E-state index contributed by atoms with van der Waals surface area (Å²) in [7, 11) is 1.63. The highest BCUT2D eigenvalue weighted by molar-refractivity contribution is 5.89. The standard InChI is InChI=1S/C14H15F2N3O2/c1-8(14(20)21)7-19(2)13-9-5-3-4-6-10(9)17-12(18-13)11(15)16/h3-6,8,11H,7H2,1-2H3,(H,20,21). The van der Waals surface area contributed by atoms with E-state index in [1.165, 1.54) is 0 Å². The quantitative estimate of drug-likeness (QED) is 0.918. The van der Waals surface area contributed by atoms with Crippen LogP contribution < -0.4 is 4.90 Å². The number of aromatic nitrogens is 2. The van der Waals surface area contributed by atoms with Crippen LogP contribution in [0.2, 0.25) is 0 Å². The molecule has 21 heavy (non-hydrogen) atoms. The number of rotatable bonds is 5. The summed E-state index contributed by atoms with van der Waals surface area (Å²) >= 11 is 0. The predicted molar refractivity (Wildman–Crippen MR) is 74.6 cm³/mol. The van der Waals surface area contributed by atoms with Gasteiger partial charge in [0.05, 0.1) is 11.4 Å². The number of halogens is 2. The van der Waals surface area contributed by atoms with Crippen molar-refractivity contribution in [3.63, 3.8) is 0 Å². The van der Waals surface area contributed by atoms with Gasteiger partial charge in [-0.2, -0.15) is 0 Å². The van der Waals surface area contributed by atoms with Gasteiger partial charge in [-0.15, -0.1) is 0 Å². The first-order valence-electron chi connectivity index (χ1n) is 6.39. The molecule has 0 radical (unpaired) electrons. The molecule has 2 rings (SSSR count). The fraction of sp³-hybridized carbons (Fsp3) is 0.357. The third-order valence-corrected chi connectivity index (χ3v) is 3.13. The SMILES string of the molecule is CC(CN(C)c1nc(C(F)F)nc2ccccc12)C(=O)O. The lowest BCUT2D eigenvalue weighted by molar-refractivity contribution is -0.140. The fourth-order valence-electron chi connectivity index (χ4n) is 2.04. The summed E-state index contributed by atoms with van der Waals surface area (Å²) in [6, 6.07) is 6.81. The Morgan fingerprint density at radius 3 is 2.62 bits per heavy atom. The van der Waals surface area contributed by atoms with E-state index in [4.69, 9.17) is 5.11 Å². The third-order valence-electron chi connectivity index (χ3n) is 3.13. The lowest BCUT2D eigenvalue weighted by Crippen LogP contribution is -2.29. The maximum absolute atomic E-state index is 12.9. The van der Waals surface area contributed by atoms with Gasteiger partial charge < -0.3 is 10.0 Å². The van der Waals surface area contributed by atoms with E-state index >= 15 is 0 Å². The number of anilines is 1. The Morgan fingerprint density at radius 1 is 1.33 bits per heavy atom. The molecule has 0 aliphatic carbocycles. The van der Waals surface area contributed by atoms with E-state index in [-0.39, 0.29) is 6.54 Å². The summed E-state index contributed by atoms with van der Waals surface area (Å²) in [6.45, 7) is 1.72. The Morgan fingerprint density at radius 2 is 2.00 bits per heavy atom. The van der Waals surface area contributed by atoms with Gasteiger partial charge >= 0.3 is 5.97 Å². The van der Waals surface area contributed by atoms with E-state index < -0.39 is 24.1 Å². The third kappa shape index (κ3) is 3.24. The van der Waals surface area contributed by atoms with Crippen LogP contribution in [0.5, 0.6) is 0 Å². The van der Waals surface area contributed by atoms with Crippen molar-refractivity contribution in [2.45, 2.75) is 13.3 Å². The highest BCUT2D eigenvalue weighted by atomic mass is 19.3. The maximum Gasteiger partial charge on any atom is 0.308 e. The zero-order chi connectivity index (χ0) is 15.6. The van der Waals surface area contributed by atoms with Crippen molar-refractivity contribution in [1.29, 1.82) is 0 Å². The van der Waals surface area contributed by atoms with Crippen molar-refractivity contribution in [1.82, 2.24) is 9.97 Å². The fourth-order valence-corrected chi connectivity index (χ4v) is 2.04.